The molecule has 1 saturated heterocycles. The maximum atomic E-state index is 12.2. The molecule has 0 bridgehead atoms. The van der Waals surface area contributed by atoms with Crippen molar-refractivity contribution in [2.24, 2.45) is 0 Å². The fourth-order valence-electron chi connectivity index (χ4n) is 3.27. The molecular formula is C22H28N2O3. The molecule has 1 aliphatic rings. The molecule has 27 heavy (non-hydrogen) atoms. The molecule has 5 nitrogen and oxygen atoms in total. The van der Waals surface area contributed by atoms with E-state index in [1.165, 1.54) is 11.1 Å². The summed E-state index contributed by atoms with van der Waals surface area (Å²) in [6.07, 6.45) is 0.185. The Labute approximate surface area is 161 Å². The van der Waals surface area contributed by atoms with Crippen LogP contribution in [0.5, 0.6) is 0 Å². The van der Waals surface area contributed by atoms with Crippen LogP contribution >= 0.6 is 0 Å². The number of piperidine rings is 1. The maximum absolute atomic E-state index is 12.2. The van der Waals surface area contributed by atoms with Gasteiger partial charge in [-0.1, -0.05) is 56.3 Å². The van der Waals surface area contributed by atoms with Crippen LogP contribution in [0.3, 0.4) is 0 Å². The zero-order valence-electron chi connectivity index (χ0n) is 16.0. The standard InChI is InChI=1S/C22H28N2O3/c1-17(2)19-8-10-20(11-9-19)23-21(25)27-22(26)12-14-24(15-13-22)16-18-6-4-3-5-7-18/h3-11,17,26H,12-16H2,1-2H3,(H,23,25). The van der Waals surface area contributed by atoms with Gasteiger partial charge in [0.25, 0.3) is 0 Å². The first kappa shape index (κ1) is 19.4. The second kappa shape index (κ2) is 8.55. The minimum Gasteiger partial charge on any atom is -0.417 e. The van der Waals surface area contributed by atoms with Crippen LogP contribution in [0.4, 0.5) is 10.5 Å². The Kier molecular flexibility index (Phi) is 6.14. The van der Waals surface area contributed by atoms with Crippen molar-refractivity contribution in [3.8, 4) is 0 Å². The largest absolute Gasteiger partial charge is 0.417 e. The normalized spacial score (nSPS) is 16.9. The van der Waals surface area contributed by atoms with Crippen LogP contribution in [0.15, 0.2) is 54.6 Å². The van der Waals surface area contributed by atoms with Crippen molar-refractivity contribution in [2.75, 3.05) is 18.4 Å². The zero-order valence-corrected chi connectivity index (χ0v) is 16.0. The first-order chi connectivity index (χ1) is 12.9. The minimum absolute atomic E-state index is 0.402. The minimum atomic E-state index is -1.41. The Hall–Kier alpha value is -2.37. The van der Waals surface area contributed by atoms with Gasteiger partial charge in [-0.15, -0.1) is 0 Å². The average molecular weight is 368 g/mol. The molecule has 1 heterocycles. The van der Waals surface area contributed by atoms with E-state index < -0.39 is 11.9 Å². The second-order valence-electron chi connectivity index (χ2n) is 7.50. The van der Waals surface area contributed by atoms with Gasteiger partial charge < -0.3 is 9.84 Å². The van der Waals surface area contributed by atoms with Crippen LogP contribution in [0, 0.1) is 0 Å². The van der Waals surface area contributed by atoms with E-state index in [0.29, 0.717) is 37.5 Å². The summed E-state index contributed by atoms with van der Waals surface area (Å²) in [6.45, 7) is 6.45. The van der Waals surface area contributed by atoms with Gasteiger partial charge in [0.05, 0.1) is 0 Å². The number of amides is 1. The number of anilines is 1. The van der Waals surface area contributed by atoms with Crippen LogP contribution in [0.25, 0.3) is 0 Å². The molecule has 144 valence electrons. The van der Waals surface area contributed by atoms with Crippen LogP contribution < -0.4 is 5.32 Å². The van der Waals surface area contributed by atoms with Crippen molar-refractivity contribution >= 4 is 11.8 Å². The highest BCUT2D eigenvalue weighted by Gasteiger charge is 2.36. The number of likely N-dealkylation sites (tertiary alicyclic amines) is 1. The molecule has 0 unspecified atom stereocenters. The number of benzene rings is 2. The highest BCUT2D eigenvalue weighted by molar-refractivity contribution is 5.84. The fourth-order valence-corrected chi connectivity index (χ4v) is 3.27. The summed E-state index contributed by atoms with van der Waals surface area (Å²) in [5.41, 5.74) is 3.11. The summed E-state index contributed by atoms with van der Waals surface area (Å²) in [7, 11) is 0. The number of carbonyl (C=O) groups is 1. The number of nitrogens with zero attached hydrogens (tertiary/aromatic N) is 1. The molecule has 0 atom stereocenters. The van der Waals surface area contributed by atoms with Gasteiger partial charge in [0.1, 0.15) is 0 Å². The van der Waals surface area contributed by atoms with Gasteiger partial charge in [0.15, 0.2) is 0 Å². The monoisotopic (exact) mass is 368 g/mol. The van der Waals surface area contributed by atoms with Crippen LogP contribution in [-0.2, 0) is 11.3 Å². The molecule has 2 aromatic rings. The molecule has 1 amide bonds. The van der Waals surface area contributed by atoms with Crippen molar-refractivity contribution in [3.63, 3.8) is 0 Å². The Morgan fingerprint density at radius 2 is 1.74 bits per heavy atom. The number of carbonyl (C=O) groups excluding carboxylic acids is 1. The van der Waals surface area contributed by atoms with E-state index in [1.54, 1.807) is 0 Å². The lowest BCUT2D eigenvalue weighted by Gasteiger charge is -2.37. The molecule has 0 saturated carbocycles. The van der Waals surface area contributed by atoms with Crippen molar-refractivity contribution < 1.29 is 14.6 Å². The van der Waals surface area contributed by atoms with E-state index in [2.05, 4.69) is 36.2 Å². The topological polar surface area (TPSA) is 61.8 Å². The first-order valence-electron chi connectivity index (χ1n) is 9.52. The summed E-state index contributed by atoms with van der Waals surface area (Å²) in [5.74, 6) is -0.970. The molecule has 0 aliphatic carbocycles. The van der Waals surface area contributed by atoms with Gasteiger partial charge in [0.2, 0.25) is 5.79 Å². The molecule has 0 radical (unpaired) electrons. The van der Waals surface area contributed by atoms with E-state index in [0.717, 1.165) is 6.54 Å². The van der Waals surface area contributed by atoms with Gasteiger partial charge in [-0.2, -0.15) is 0 Å². The molecule has 5 heteroatoms. The zero-order chi connectivity index (χ0) is 19.3. The molecule has 2 N–H and O–H groups in total. The third-order valence-electron chi connectivity index (χ3n) is 4.99. The quantitative estimate of drug-likeness (QED) is 0.771. The highest BCUT2D eigenvalue weighted by atomic mass is 16.7. The Morgan fingerprint density at radius 1 is 1.11 bits per heavy atom. The summed E-state index contributed by atoms with van der Waals surface area (Å²) >= 11 is 0. The molecular weight excluding hydrogens is 340 g/mol. The lowest BCUT2D eigenvalue weighted by Crippen LogP contribution is -2.47. The van der Waals surface area contributed by atoms with Crippen molar-refractivity contribution in [2.45, 2.75) is 44.9 Å². The molecule has 2 aromatic carbocycles. The van der Waals surface area contributed by atoms with Crippen LogP contribution in [0.1, 0.15) is 43.7 Å². The van der Waals surface area contributed by atoms with Gasteiger partial charge >= 0.3 is 6.09 Å². The van der Waals surface area contributed by atoms with E-state index in [4.69, 9.17) is 4.74 Å². The Balaban J connectivity index is 1.48. The molecule has 1 fully saturated rings. The SMILES string of the molecule is CC(C)c1ccc(NC(=O)OC2(O)CCN(Cc3ccccc3)CC2)cc1. The lowest BCUT2D eigenvalue weighted by molar-refractivity contribution is -0.186. The molecule has 3 rings (SSSR count). The number of hydrogen-bond acceptors (Lipinski definition) is 4. The maximum Gasteiger partial charge on any atom is 0.414 e. The summed E-state index contributed by atoms with van der Waals surface area (Å²) < 4.78 is 5.34. The number of rotatable bonds is 5. The van der Waals surface area contributed by atoms with Crippen molar-refractivity contribution in [1.29, 1.82) is 0 Å². The van der Waals surface area contributed by atoms with Crippen molar-refractivity contribution in [3.05, 3.63) is 65.7 Å². The smallest absolute Gasteiger partial charge is 0.414 e. The number of ether oxygens (including phenoxy) is 1. The molecule has 0 aromatic heterocycles. The van der Waals surface area contributed by atoms with Crippen LogP contribution in [0.2, 0.25) is 0 Å². The van der Waals surface area contributed by atoms with E-state index in [-0.39, 0.29) is 0 Å². The number of nitrogens with one attached hydrogen (secondary N) is 1. The third kappa shape index (κ3) is 5.55. The molecule has 0 spiro atoms. The van der Waals surface area contributed by atoms with E-state index in [1.807, 2.05) is 42.5 Å². The summed E-state index contributed by atoms with van der Waals surface area (Å²) in [4.78, 5) is 14.4. The summed E-state index contributed by atoms with van der Waals surface area (Å²) in [5, 5.41) is 13.3. The predicted molar refractivity (Wildman–Crippen MR) is 107 cm³/mol. The average Bonchev–Trinajstić information content (AvgIpc) is 2.65. The van der Waals surface area contributed by atoms with E-state index in [9.17, 15) is 9.90 Å². The Bertz CT molecular complexity index is 736. The van der Waals surface area contributed by atoms with Gasteiger partial charge in [-0.05, 0) is 29.2 Å². The lowest BCUT2D eigenvalue weighted by atomic mass is 10.0. The summed E-state index contributed by atoms with van der Waals surface area (Å²) in [6, 6.07) is 17.9. The van der Waals surface area contributed by atoms with Gasteiger partial charge in [-0.25, -0.2) is 4.79 Å². The third-order valence-corrected chi connectivity index (χ3v) is 4.99. The first-order valence-corrected chi connectivity index (χ1v) is 9.52. The predicted octanol–water partition coefficient (Wildman–Crippen LogP) is 4.34. The van der Waals surface area contributed by atoms with E-state index >= 15 is 0 Å². The highest BCUT2D eigenvalue weighted by Crippen LogP contribution is 2.25. The van der Waals surface area contributed by atoms with Crippen molar-refractivity contribution in [1.82, 2.24) is 4.90 Å². The van der Waals surface area contributed by atoms with Gasteiger partial charge in [0, 0.05) is 38.2 Å². The van der Waals surface area contributed by atoms with Gasteiger partial charge in [-0.3, -0.25) is 10.2 Å². The number of aliphatic hydroxyl groups is 1. The second-order valence-corrected chi connectivity index (χ2v) is 7.50. The van der Waals surface area contributed by atoms with Crippen LogP contribution in [-0.4, -0.2) is 35.0 Å². The molecule has 1 aliphatic heterocycles. The Morgan fingerprint density at radius 3 is 2.33 bits per heavy atom. The number of hydrogen-bond donors (Lipinski definition) is 2. The fraction of sp³-hybridized carbons (Fsp3) is 0.409.